The van der Waals surface area contributed by atoms with Crippen molar-refractivity contribution in [3.05, 3.63) is 0 Å². The van der Waals surface area contributed by atoms with Crippen LogP contribution in [0.1, 0.15) is 77.0 Å². The molecule has 0 aromatic rings. The van der Waals surface area contributed by atoms with Crippen molar-refractivity contribution < 1.29 is 9.53 Å². The third-order valence-corrected chi connectivity index (χ3v) is 5.71. The van der Waals surface area contributed by atoms with Crippen LogP contribution in [0.15, 0.2) is 0 Å². The summed E-state index contributed by atoms with van der Waals surface area (Å²) in [5.74, 6) is 0.113. The highest BCUT2D eigenvalue weighted by molar-refractivity contribution is 5.77. The highest BCUT2D eigenvalue weighted by atomic mass is 16.5. The largest absolute Gasteiger partial charge is 0.465 e. The molecule has 4 nitrogen and oxygen atoms in total. The molecular formula is C19H28N2O2. The van der Waals surface area contributed by atoms with E-state index in [4.69, 9.17) is 10.00 Å². The van der Waals surface area contributed by atoms with Crippen LogP contribution < -0.4 is 0 Å². The molecule has 2 rings (SSSR count). The van der Waals surface area contributed by atoms with Crippen LogP contribution >= 0.6 is 0 Å². The van der Waals surface area contributed by atoms with Crippen LogP contribution in [0.4, 0.5) is 0 Å². The molecule has 0 radical (unpaired) electrons. The van der Waals surface area contributed by atoms with E-state index in [-0.39, 0.29) is 17.8 Å². The number of carbonyl (C=O) groups is 1. The van der Waals surface area contributed by atoms with Gasteiger partial charge in [0.25, 0.3) is 0 Å². The standard InChI is InChI=1S/C19H28N2O2/c20-13-7-2-8-14-23-18(22)19(11-5-1-6-12-19)17-10-4-3-9-16(17)15-21/h16-17H,1-12,14H2. The lowest BCUT2D eigenvalue weighted by Crippen LogP contribution is -2.45. The van der Waals surface area contributed by atoms with Gasteiger partial charge in [-0.1, -0.05) is 32.1 Å². The predicted molar refractivity (Wildman–Crippen MR) is 87.0 cm³/mol. The minimum absolute atomic E-state index is 0.00740. The first-order chi connectivity index (χ1) is 11.2. The Bertz CT molecular complexity index is 469. The summed E-state index contributed by atoms with van der Waals surface area (Å²) in [4.78, 5) is 12.9. The zero-order valence-electron chi connectivity index (χ0n) is 14.1. The Morgan fingerprint density at radius 1 is 1.04 bits per heavy atom. The van der Waals surface area contributed by atoms with Crippen molar-refractivity contribution in [3.63, 3.8) is 0 Å². The molecule has 2 aliphatic carbocycles. The number of rotatable bonds is 6. The van der Waals surface area contributed by atoms with Gasteiger partial charge in [0.05, 0.1) is 30.1 Å². The molecule has 23 heavy (non-hydrogen) atoms. The quantitative estimate of drug-likeness (QED) is 0.534. The number of hydrogen-bond acceptors (Lipinski definition) is 4. The van der Waals surface area contributed by atoms with E-state index in [1.54, 1.807) is 0 Å². The van der Waals surface area contributed by atoms with Crippen molar-refractivity contribution in [2.45, 2.75) is 77.0 Å². The van der Waals surface area contributed by atoms with Crippen LogP contribution in [0.2, 0.25) is 0 Å². The Balaban J connectivity index is 2.04. The second-order valence-corrected chi connectivity index (χ2v) is 7.09. The van der Waals surface area contributed by atoms with Crippen molar-refractivity contribution in [3.8, 4) is 12.1 Å². The van der Waals surface area contributed by atoms with E-state index in [0.717, 1.165) is 64.2 Å². The molecule has 2 aliphatic rings. The van der Waals surface area contributed by atoms with Crippen molar-refractivity contribution >= 4 is 5.97 Å². The lowest BCUT2D eigenvalue weighted by atomic mass is 9.58. The van der Waals surface area contributed by atoms with E-state index in [0.29, 0.717) is 13.0 Å². The second kappa shape index (κ2) is 8.92. The third-order valence-electron chi connectivity index (χ3n) is 5.71. The van der Waals surface area contributed by atoms with E-state index in [1.165, 1.54) is 6.42 Å². The first-order valence-electron chi connectivity index (χ1n) is 9.18. The molecule has 0 saturated heterocycles. The zero-order chi connectivity index (χ0) is 16.5. The monoisotopic (exact) mass is 316 g/mol. The van der Waals surface area contributed by atoms with Crippen LogP contribution in [-0.2, 0) is 9.53 Å². The fourth-order valence-corrected chi connectivity index (χ4v) is 4.47. The van der Waals surface area contributed by atoms with Gasteiger partial charge in [0, 0.05) is 6.42 Å². The van der Waals surface area contributed by atoms with Gasteiger partial charge in [0.2, 0.25) is 0 Å². The predicted octanol–water partition coefficient (Wildman–Crippen LogP) is 4.50. The average Bonchev–Trinajstić information content (AvgIpc) is 2.62. The Labute approximate surface area is 139 Å². The van der Waals surface area contributed by atoms with Gasteiger partial charge in [0.15, 0.2) is 0 Å². The zero-order valence-corrected chi connectivity index (χ0v) is 14.1. The van der Waals surface area contributed by atoms with Gasteiger partial charge in [0.1, 0.15) is 0 Å². The number of nitriles is 2. The van der Waals surface area contributed by atoms with E-state index in [1.807, 2.05) is 0 Å². The molecule has 2 fully saturated rings. The number of hydrogen-bond donors (Lipinski definition) is 0. The maximum Gasteiger partial charge on any atom is 0.312 e. The van der Waals surface area contributed by atoms with Crippen LogP contribution in [0, 0.1) is 39.9 Å². The van der Waals surface area contributed by atoms with Gasteiger partial charge in [-0.3, -0.25) is 4.79 Å². The summed E-state index contributed by atoms with van der Waals surface area (Å²) in [5.41, 5.74) is -0.422. The summed E-state index contributed by atoms with van der Waals surface area (Å²) in [5, 5.41) is 18.1. The molecule has 0 amide bonds. The number of carbonyl (C=O) groups excluding carboxylic acids is 1. The molecule has 0 N–H and O–H groups in total. The third kappa shape index (κ3) is 4.25. The summed E-state index contributed by atoms with van der Waals surface area (Å²) in [6.07, 6.45) is 11.3. The highest BCUT2D eigenvalue weighted by Crippen LogP contribution is 2.51. The smallest absolute Gasteiger partial charge is 0.312 e. The van der Waals surface area contributed by atoms with Crippen LogP contribution in [0.3, 0.4) is 0 Å². The number of esters is 1. The first kappa shape index (κ1) is 17.8. The molecule has 0 bridgehead atoms. The van der Waals surface area contributed by atoms with Gasteiger partial charge in [-0.05, 0) is 44.4 Å². The van der Waals surface area contributed by atoms with Crippen LogP contribution in [0.5, 0.6) is 0 Å². The topological polar surface area (TPSA) is 73.9 Å². The summed E-state index contributed by atoms with van der Waals surface area (Å²) in [6.45, 7) is 0.409. The minimum atomic E-state index is -0.422. The Morgan fingerprint density at radius 2 is 1.78 bits per heavy atom. The lowest BCUT2D eigenvalue weighted by Gasteiger charge is -2.45. The maximum absolute atomic E-state index is 12.9. The summed E-state index contributed by atoms with van der Waals surface area (Å²) < 4.78 is 5.62. The van der Waals surface area contributed by atoms with Crippen LogP contribution in [-0.4, -0.2) is 12.6 Å². The summed E-state index contributed by atoms with van der Waals surface area (Å²) >= 11 is 0. The van der Waals surface area contributed by atoms with Gasteiger partial charge in [-0.15, -0.1) is 0 Å². The molecule has 0 aromatic carbocycles. The van der Waals surface area contributed by atoms with E-state index in [9.17, 15) is 10.1 Å². The van der Waals surface area contributed by atoms with Crippen molar-refractivity contribution in [2.75, 3.05) is 6.61 Å². The van der Waals surface area contributed by atoms with Crippen LogP contribution in [0.25, 0.3) is 0 Å². The lowest BCUT2D eigenvalue weighted by molar-refractivity contribution is -0.165. The Kier molecular flexibility index (Phi) is 6.90. The number of ether oxygens (including phenoxy) is 1. The summed E-state index contributed by atoms with van der Waals surface area (Å²) in [7, 11) is 0. The average molecular weight is 316 g/mol. The van der Waals surface area contributed by atoms with E-state index in [2.05, 4.69) is 12.1 Å². The highest BCUT2D eigenvalue weighted by Gasteiger charge is 2.50. The molecule has 0 heterocycles. The minimum Gasteiger partial charge on any atom is -0.465 e. The van der Waals surface area contributed by atoms with Gasteiger partial charge in [-0.25, -0.2) is 0 Å². The molecule has 126 valence electrons. The fourth-order valence-electron chi connectivity index (χ4n) is 4.47. The normalized spacial score (nSPS) is 26.7. The second-order valence-electron chi connectivity index (χ2n) is 7.09. The van der Waals surface area contributed by atoms with E-state index >= 15 is 0 Å². The molecule has 0 aliphatic heterocycles. The molecule has 0 spiro atoms. The van der Waals surface area contributed by atoms with Crippen molar-refractivity contribution in [1.82, 2.24) is 0 Å². The molecule has 2 atom stereocenters. The fraction of sp³-hybridized carbons (Fsp3) is 0.842. The van der Waals surface area contributed by atoms with Crippen molar-refractivity contribution in [2.24, 2.45) is 17.3 Å². The molecular weight excluding hydrogens is 288 g/mol. The van der Waals surface area contributed by atoms with E-state index < -0.39 is 5.41 Å². The Morgan fingerprint density at radius 3 is 2.48 bits per heavy atom. The summed E-state index contributed by atoms with van der Waals surface area (Å²) in [6, 6.07) is 4.59. The molecule has 2 saturated carbocycles. The van der Waals surface area contributed by atoms with Gasteiger partial charge >= 0.3 is 5.97 Å². The molecule has 0 aromatic heterocycles. The number of nitrogens with zero attached hydrogens (tertiary/aromatic N) is 2. The first-order valence-corrected chi connectivity index (χ1v) is 9.18. The molecule has 2 unspecified atom stereocenters. The molecule has 4 heteroatoms. The SMILES string of the molecule is N#CCCCCOC(=O)C1(C2CCCCC2C#N)CCCCC1. The van der Waals surface area contributed by atoms with Gasteiger partial charge in [-0.2, -0.15) is 10.5 Å². The van der Waals surface area contributed by atoms with Gasteiger partial charge < -0.3 is 4.74 Å². The number of unbranched alkanes of at least 4 members (excludes halogenated alkanes) is 2. The Hall–Kier alpha value is -1.55. The van der Waals surface area contributed by atoms with Crippen molar-refractivity contribution in [1.29, 1.82) is 10.5 Å². The maximum atomic E-state index is 12.9.